The molecule has 2 amide bonds. The summed E-state index contributed by atoms with van der Waals surface area (Å²) >= 11 is 7.48. The third-order valence-electron chi connectivity index (χ3n) is 7.94. The van der Waals surface area contributed by atoms with Gasteiger partial charge >= 0.3 is 0 Å². The number of benzene rings is 1. The lowest BCUT2D eigenvalue weighted by Gasteiger charge is -2.47. The normalized spacial score (nSPS) is 22.1. The standard InChI is InChI=1S/C27H26ClF2N5O2S/c28-17-11-19(22(23(29)30)32-12-17)24(36)33-18-7-5-16(6-8-18)13-35-21-4-2-1-3-20(21)27(25(35)37)14-34(15-27)26-31-9-10-38-26/h1-4,9-12,16,18,23H,5-8,13-15H2,(H,33,36). The fourth-order valence-electron chi connectivity index (χ4n) is 6.01. The van der Waals surface area contributed by atoms with Gasteiger partial charge in [-0.3, -0.25) is 14.6 Å². The SMILES string of the molecule is O=C(NC1CCC(CN2C(=O)C3(CN(c4nccs4)C3)c3ccccc32)CC1)c1cc(Cl)cnc1C(F)F. The summed E-state index contributed by atoms with van der Waals surface area (Å²) in [7, 11) is 0. The Kier molecular flexibility index (Phi) is 6.55. The third kappa shape index (κ3) is 4.33. The number of rotatable bonds is 6. The fraction of sp³-hybridized carbons (Fsp3) is 0.407. The molecule has 1 saturated heterocycles. The summed E-state index contributed by atoms with van der Waals surface area (Å²) in [6, 6.07) is 9.16. The van der Waals surface area contributed by atoms with E-state index in [1.165, 1.54) is 6.07 Å². The van der Waals surface area contributed by atoms with Crippen LogP contribution in [0.5, 0.6) is 0 Å². The summed E-state index contributed by atoms with van der Waals surface area (Å²) in [5, 5.41) is 5.90. The van der Waals surface area contributed by atoms with Gasteiger partial charge in [0.15, 0.2) is 5.13 Å². The number of carbonyl (C=O) groups is 2. The number of nitrogens with zero attached hydrogens (tertiary/aromatic N) is 4. The third-order valence-corrected chi connectivity index (χ3v) is 8.97. The number of hydrogen-bond acceptors (Lipinski definition) is 6. The highest BCUT2D eigenvalue weighted by Gasteiger charge is 2.58. The second kappa shape index (κ2) is 9.89. The minimum absolute atomic E-state index is 0.130. The summed E-state index contributed by atoms with van der Waals surface area (Å²) in [5.41, 5.74) is 0.793. The van der Waals surface area contributed by atoms with Crippen molar-refractivity contribution in [2.75, 3.05) is 29.4 Å². The van der Waals surface area contributed by atoms with Gasteiger partial charge < -0.3 is 15.1 Å². The molecule has 2 fully saturated rings. The van der Waals surface area contributed by atoms with Gasteiger partial charge in [-0.1, -0.05) is 29.8 Å². The van der Waals surface area contributed by atoms with Crippen molar-refractivity contribution in [1.82, 2.24) is 15.3 Å². The van der Waals surface area contributed by atoms with Crippen molar-refractivity contribution in [3.8, 4) is 0 Å². The molecule has 1 saturated carbocycles. The van der Waals surface area contributed by atoms with Crippen LogP contribution in [0.4, 0.5) is 19.6 Å². The minimum Gasteiger partial charge on any atom is -0.349 e. The van der Waals surface area contributed by atoms with E-state index < -0.39 is 23.4 Å². The Labute approximate surface area is 227 Å². The lowest BCUT2D eigenvalue weighted by molar-refractivity contribution is -0.124. The molecule has 6 rings (SSSR count). The number of halogens is 3. The van der Waals surface area contributed by atoms with Crippen LogP contribution in [0.3, 0.4) is 0 Å². The molecule has 198 valence electrons. The van der Waals surface area contributed by atoms with E-state index in [0.29, 0.717) is 32.5 Å². The quantitative estimate of drug-likeness (QED) is 0.449. The molecule has 7 nitrogen and oxygen atoms in total. The number of carbonyl (C=O) groups excluding carboxylic acids is 2. The number of pyridine rings is 1. The molecule has 1 spiro atoms. The number of aromatic nitrogens is 2. The topological polar surface area (TPSA) is 78.4 Å². The largest absolute Gasteiger partial charge is 0.349 e. The second-order valence-corrected chi connectivity index (χ2v) is 11.6. The zero-order chi connectivity index (χ0) is 26.4. The molecule has 1 aliphatic carbocycles. The number of nitrogens with one attached hydrogen (secondary N) is 1. The molecule has 38 heavy (non-hydrogen) atoms. The summed E-state index contributed by atoms with van der Waals surface area (Å²) in [5.74, 6) is -0.149. The number of hydrogen-bond donors (Lipinski definition) is 1. The maximum Gasteiger partial charge on any atom is 0.281 e. The van der Waals surface area contributed by atoms with Crippen LogP contribution in [0, 0.1) is 5.92 Å². The van der Waals surface area contributed by atoms with Crippen molar-refractivity contribution in [3.63, 3.8) is 0 Å². The Morgan fingerprint density at radius 1 is 1.18 bits per heavy atom. The summed E-state index contributed by atoms with van der Waals surface area (Å²) in [4.78, 5) is 38.7. The van der Waals surface area contributed by atoms with Gasteiger partial charge in [0.05, 0.1) is 10.6 Å². The molecular weight excluding hydrogens is 532 g/mol. The number of alkyl halides is 2. The first-order valence-corrected chi connectivity index (χ1v) is 13.9. The molecule has 1 aromatic carbocycles. The van der Waals surface area contributed by atoms with Gasteiger partial charge in [0.2, 0.25) is 5.91 Å². The van der Waals surface area contributed by atoms with Crippen LogP contribution in [0.15, 0.2) is 48.1 Å². The molecule has 2 aliphatic heterocycles. The molecule has 2 aromatic heterocycles. The zero-order valence-corrected chi connectivity index (χ0v) is 22.0. The first-order chi connectivity index (χ1) is 18.4. The van der Waals surface area contributed by atoms with Crippen molar-refractivity contribution >= 4 is 45.6 Å². The van der Waals surface area contributed by atoms with E-state index in [9.17, 15) is 18.4 Å². The minimum atomic E-state index is -2.86. The Balaban J connectivity index is 1.09. The number of amides is 2. The molecule has 0 unspecified atom stereocenters. The number of para-hydroxylation sites is 1. The van der Waals surface area contributed by atoms with Gasteiger partial charge in [-0.15, -0.1) is 11.3 Å². The Morgan fingerprint density at radius 2 is 1.95 bits per heavy atom. The monoisotopic (exact) mass is 557 g/mol. The van der Waals surface area contributed by atoms with E-state index in [1.807, 2.05) is 28.5 Å². The Hall–Kier alpha value is -3.11. The highest BCUT2D eigenvalue weighted by atomic mass is 35.5. The maximum absolute atomic E-state index is 13.8. The molecule has 3 aliphatic rings. The number of thiazole rings is 1. The van der Waals surface area contributed by atoms with Crippen LogP contribution in [0.1, 0.15) is 53.7 Å². The van der Waals surface area contributed by atoms with Gasteiger partial charge in [0.1, 0.15) is 11.1 Å². The van der Waals surface area contributed by atoms with E-state index in [2.05, 4.69) is 26.3 Å². The van der Waals surface area contributed by atoms with E-state index in [4.69, 9.17) is 11.6 Å². The first kappa shape index (κ1) is 25.2. The van der Waals surface area contributed by atoms with E-state index in [0.717, 1.165) is 35.4 Å². The molecule has 3 aromatic rings. The first-order valence-electron chi connectivity index (χ1n) is 12.7. The lowest BCUT2D eigenvalue weighted by Crippen LogP contribution is -2.64. The van der Waals surface area contributed by atoms with E-state index in [-0.39, 0.29) is 28.5 Å². The van der Waals surface area contributed by atoms with Crippen molar-refractivity contribution in [2.45, 2.75) is 43.6 Å². The van der Waals surface area contributed by atoms with Crippen LogP contribution in [-0.4, -0.2) is 47.5 Å². The molecule has 11 heteroatoms. The van der Waals surface area contributed by atoms with Crippen molar-refractivity contribution in [1.29, 1.82) is 0 Å². The van der Waals surface area contributed by atoms with Crippen LogP contribution < -0.4 is 15.1 Å². The van der Waals surface area contributed by atoms with Crippen molar-refractivity contribution in [3.05, 3.63) is 69.9 Å². The number of fused-ring (bicyclic) bond motifs is 2. The Bertz CT molecular complexity index is 1360. The maximum atomic E-state index is 13.8. The van der Waals surface area contributed by atoms with Gasteiger partial charge in [-0.2, -0.15) is 0 Å². The predicted molar refractivity (Wildman–Crippen MR) is 142 cm³/mol. The van der Waals surface area contributed by atoms with Crippen LogP contribution in [0.2, 0.25) is 5.02 Å². The van der Waals surface area contributed by atoms with Gasteiger partial charge in [-0.05, 0) is 49.3 Å². The van der Waals surface area contributed by atoms with Crippen LogP contribution in [0.25, 0.3) is 0 Å². The highest BCUT2D eigenvalue weighted by molar-refractivity contribution is 7.13. The Morgan fingerprint density at radius 3 is 2.66 bits per heavy atom. The number of anilines is 2. The van der Waals surface area contributed by atoms with Crippen LogP contribution >= 0.6 is 22.9 Å². The second-order valence-electron chi connectivity index (χ2n) is 10.3. The average molecular weight is 558 g/mol. The van der Waals surface area contributed by atoms with Gasteiger partial charge in [0, 0.05) is 49.1 Å². The van der Waals surface area contributed by atoms with Gasteiger partial charge in [0.25, 0.3) is 12.3 Å². The summed E-state index contributed by atoms with van der Waals surface area (Å²) in [6.45, 7) is 1.89. The van der Waals surface area contributed by atoms with E-state index in [1.54, 1.807) is 17.5 Å². The van der Waals surface area contributed by atoms with E-state index >= 15 is 0 Å². The summed E-state index contributed by atoms with van der Waals surface area (Å²) in [6.07, 6.45) is 3.10. The average Bonchev–Trinajstić information content (AvgIpc) is 3.49. The molecule has 1 N–H and O–H groups in total. The lowest BCUT2D eigenvalue weighted by atomic mass is 9.75. The molecule has 0 atom stereocenters. The molecule has 0 radical (unpaired) electrons. The van der Waals surface area contributed by atoms with Crippen LogP contribution in [-0.2, 0) is 10.2 Å². The predicted octanol–water partition coefficient (Wildman–Crippen LogP) is 5.22. The summed E-state index contributed by atoms with van der Waals surface area (Å²) < 4.78 is 26.7. The van der Waals surface area contributed by atoms with Crippen molar-refractivity contribution in [2.24, 2.45) is 5.92 Å². The smallest absolute Gasteiger partial charge is 0.281 e. The fourth-order valence-corrected chi connectivity index (χ4v) is 6.81. The molecule has 4 heterocycles. The molecular formula is C27H26ClF2N5O2S. The molecule has 0 bridgehead atoms. The highest BCUT2D eigenvalue weighted by Crippen LogP contribution is 2.49. The van der Waals surface area contributed by atoms with Crippen molar-refractivity contribution < 1.29 is 18.4 Å². The zero-order valence-electron chi connectivity index (χ0n) is 20.4. The van der Waals surface area contributed by atoms with Gasteiger partial charge in [-0.25, -0.2) is 13.8 Å².